The summed E-state index contributed by atoms with van der Waals surface area (Å²) in [4.78, 5) is 2.40. The van der Waals surface area contributed by atoms with E-state index in [1.165, 1.54) is 32.1 Å². The standard InChI is InChI=1S/C13H27NO2/c1-2-3-11-16-12-9-14(8-10-15)13-6-4-5-7-13/h13,15H,2-12H2,1H3. The third-order valence-corrected chi connectivity index (χ3v) is 3.39. The second kappa shape index (κ2) is 8.97. The lowest BCUT2D eigenvalue weighted by atomic mass is 10.2. The highest BCUT2D eigenvalue weighted by atomic mass is 16.5. The average molecular weight is 229 g/mol. The number of unbranched alkanes of at least 4 members (excludes halogenated alkanes) is 1. The van der Waals surface area contributed by atoms with E-state index in [1.54, 1.807) is 0 Å². The van der Waals surface area contributed by atoms with Crippen LogP contribution in [0.5, 0.6) is 0 Å². The van der Waals surface area contributed by atoms with Gasteiger partial charge < -0.3 is 9.84 Å². The number of aliphatic hydroxyl groups excluding tert-OH is 1. The summed E-state index contributed by atoms with van der Waals surface area (Å²) in [6.45, 7) is 5.94. The van der Waals surface area contributed by atoms with Gasteiger partial charge in [-0.15, -0.1) is 0 Å². The fraction of sp³-hybridized carbons (Fsp3) is 1.00. The molecule has 1 fully saturated rings. The molecule has 3 heteroatoms. The van der Waals surface area contributed by atoms with Crippen LogP contribution in [0.1, 0.15) is 45.4 Å². The first-order valence-electron chi connectivity index (χ1n) is 6.81. The first-order chi connectivity index (χ1) is 7.88. The van der Waals surface area contributed by atoms with Gasteiger partial charge in [-0.2, -0.15) is 0 Å². The van der Waals surface area contributed by atoms with E-state index in [4.69, 9.17) is 9.84 Å². The Morgan fingerprint density at radius 3 is 2.56 bits per heavy atom. The van der Waals surface area contributed by atoms with E-state index in [0.29, 0.717) is 6.04 Å². The molecule has 0 amide bonds. The minimum absolute atomic E-state index is 0.269. The Morgan fingerprint density at radius 1 is 1.19 bits per heavy atom. The molecule has 0 heterocycles. The van der Waals surface area contributed by atoms with Crippen molar-refractivity contribution in [1.29, 1.82) is 0 Å². The molecular formula is C13H27NO2. The number of rotatable bonds is 9. The molecule has 0 aliphatic heterocycles. The second-order valence-electron chi connectivity index (χ2n) is 4.66. The molecule has 16 heavy (non-hydrogen) atoms. The highest BCUT2D eigenvalue weighted by Crippen LogP contribution is 2.22. The maximum Gasteiger partial charge on any atom is 0.0593 e. The van der Waals surface area contributed by atoms with Gasteiger partial charge in [-0.3, -0.25) is 4.90 Å². The molecular weight excluding hydrogens is 202 g/mol. The van der Waals surface area contributed by atoms with Crippen LogP contribution in [-0.4, -0.2) is 49.0 Å². The van der Waals surface area contributed by atoms with Crippen molar-refractivity contribution in [2.75, 3.05) is 32.9 Å². The number of nitrogens with zero attached hydrogens (tertiary/aromatic N) is 1. The van der Waals surface area contributed by atoms with Crippen molar-refractivity contribution in [3.8, 4) is 0 Å². The molecule has 0 aromatic carbocycles. The molecule has 96 valence electrons. The molecule has 0 aromatic rings. The van der Waals surface area contributed by atoms with Gasteiger partial charge in [0, 0.05) is 25.7 Å². The van der Waals surface area contributed by atoms with Crippen LogP contribution in [0.25, 0.3) is 0 Å². The molecule has 1 rings (SSSR count). The first kappa shape index (κ1) is 13.9. The largest absolute Gasteiger partial charge is 0.395 e. The monoisotopic (exact) mass is 229 g/mol. The summed E-state index contributed by atoms with van der Waals surface area (Å²) in [6, 6.07) is 0.696. The predicted molar refractivity (Wildman–Crippen MR) is 66.6 cm³/mol. The summed E-state index contributed by atoms with van der Waals surface area (Å²) in [5, 5.41) is 9.06. The van der Waals surface area contributed by atoms with E-state index in [9.17, 15) is 0 Å². The van der Waals surface area contributed by atoms with E-state index >= 15 is 0 Å². The van der Waals surface area contributed by atoms with Crippen LogP contribution in [0, 0.1) is 0 Å². The lowest BCUT2D eigenvalue weighted by Gasteiger charge is -2.27. The smallest absolute Gasteiger partial charge is 0.0593 e. The fourth-order valence-electron chi connectivity index (χ4n) is 2.41. The van der Waals surface area contributed by atoms with Crippen LogP contribution in [0.2, 0.25) is 0 Å². The molecule has 1 saturated carbocycles. The molecule has 0 unspecified atom stereocenters. The Bertz CT molecular complexity index is 158. The fourth-order valence-corrected chi connectivity index (χ4v) is 2.41. The van der Waals surface area contributed by atoms with Crippen LogP contribution >= 0.6 is 0 Å². The minimum atomic E-state index is 0.269. The zero-order chi connectivity index (χ0) is 11.6. The third-order valence-electron chi connectivity index (χ3n) is 3.39. The van der Waals surface area contributed by atoms with E-state index in [1.807, 2.05) is 0 Å². The summed E-state index contributed by atoms with van der Waals surface area (Å²) in [6.07, 6.45) is 7.66. The number of hydrogen-bond donors (Lipinski definition) is 1. The zero-order valence-electron chi connectivity index (χ0n) is 10.7. The summed E-state index contributed by atoms with van der Waals surface area (Å²) in [5.41, 5.74) is 0. The van der Waals surface area contributed by atoms with Crippen molar-refractivity contribution < 1.29 is 9.84 Å². The van der Waals surface area contributed by atoms with Gasteiger partial charge in [-0.25, -0.2) is 0 Å². The highest BCUT2D eigenvalue weighted by Gasteiger charge is 2.21. The Balaban J connectivity index is 2.12. The first-order valence-corrected chi connectivity index (χ1v) is 6.81. The number of hydrogen-bond acceptors (Lipinski definition) is 3. The molecule has 3 nitrogen and oxygen atoms in total. The SMILES string of the molecule is CCCCOCCN(CCO)C1CCCC1. The normalized spacial score (nSPS) is 17.4. The summed E-state index contributed by atoms with van der Waals surface area (Å²) >= 11 is 0. The molecule has 0 saturated heterocycles. The van der Waals surface area contributed by atoms with Crippen LogP contribution in [0.15, 0.2) is 0 Å². The number of ether oxygens (including phenoxy) is 1. The number of aliphatic hydroxyl groups is 1. The average Bonchev–Trinajstić information content (AvgIpc) is 2.81. The molecule has 1 N–H and O–H groups in total. The lowest BCUT2D eigenvalue weighted by molar-refractivity contribution is 0.0758. The van der Waals surface area contributed by atoms with Crippen molar-refractivity contribution in [2.24, 2.45) is 0 Å². The van der Waals surface area contributed by atoms with Crippen LogP contribution in [0.3, 0.4) is 0 Å². The second-order valence-corrected chi connectivity index (χ2v) is 4.66. The molecule has 0 radical (unpaired) electrons. The molecule has 0 spiro atoms. The Morgan fingerprint density at radius 2 is 1.94 bits per heavy atom. The van der Waals surface area contributed by atoms with Gasteiger partial charge in [0.05, 0.1) is 13.2 Å². The van der Waals surface area contributed by atoms with Gasteiger partial charge in [0.1, 0.15) is 0 Å². The molecule has 0 aromatic heterocycles. The van der Waals surface area contributed by atoms with Gasteiger partial charge in [0.25, 0.3) is 0 Å². The van der Waals surface area contributed by atoms with Crippen molar-refractivity contribution >= 4 is 0 Å². The van der Waals surface area contributed by atoms with Crippen LogP contribution in [-0.2, 0) is 4.74 Å². The van der Waals surface area contributed by atoms with Crippen LogP contribution < -0.4 is 0 Å². The molecule has 1 aliphatic carbocycles. The zero-order valence-corrected chi connectivity index (χ0v) is 10.7. The van der Waals surface area contributed by atoms with Gasteiger partial charge in [-0.1, -0.05) is 26.2 Å². The summed E-state index contributed by atoms with van der Waals surface area (Å²) in [7, 11) is 0. The summed E-state index contributed by atoms with van der Waals surface area (Å²) < 4.78 is 5.59. The van der Waals surface area contributed by atoms with Gasteiger partial charge in [-0.05, 0) is 19.3 Å². The quantitative estimate of drug-likeness (QED) is 0.614. The van der Waals surface area contributed by atoms with E-state index in [-0.39, 0.29) is 6.61 Å². The third kappa shape index (κ3) is 5.28. The Labute approximate surface area is 99.8 Å². The van der Waals surface area contributed by atoms with Crippen molar-refractivity contribution in [3.63, 3.8) is 0 Å². The maximum atomic E-state index is 9.06. The predicted octanol–water partition coefficient (Wildman–Crippen LogP) is 2.04. The van der Waals surface area contributed by atoms with E-state index in [2.05, 4.69) is 11.8 Å². The van der Waals surface area contributed by atoms with E-state index in [0.717, 1.165) is 32.7 Å². The van der Waals surface area contributed by atoms with Gasteiger partial charge >= 0.3 is 0 Å². The van der Waals surface area contributed by atoms with Gasteiger partial charge in [0.2, 0.25) is 0 Å². The maximum absolute atomic E-state index is 9.06. The minimum Gasteiger partial charge on any atom is -0.395 e. The molecule has 1 aliphatic rings. The van der Waals surface area contributed by atoms with Crippen molar-refractivity contribution in [1.82, 2.24) is 4.90 Å². The van der Waals surface area contributed by atoms with Crippen molar-refractivity contribution in [2.45, 2.75) is 51.5 Å². The van der Waals surface area contributed by atoms with Crippen molar-refractivity contribution in [3.05, 3.63) is 0 Å². The topological polar surface area (TPSA) is 32.7 Å². The molecule has 0 atom stereocenters. The summed E-state index contributed by atoms with van der Waals surface area (Å²) in [5.74, 6) is 0. The van der Waals surface area contributed by atoms with E-state index < -0.39 is 0 Å². The van der Waals surface area contributed by atoms with Gasteiger partial charge in [0.15, 0.2) is 0 Å². The molecule has 0 bridgehead atoms. The Kier molecular flexibility index (Phi) is 7.81. The Hall–Kier alpha value is -0.120. The highest BCUT2D eigenvalue weighted by molar-refractivity contribution is 4.77. The lowest BCUT2D eigenvalue weighted by Crippen LogP contribution is -2.38. The van der Waals surface area contributed by atoms with Crippen LogP contribution in [0.4, 0.5) is 0 Å².